The van der Waals surface area contributed by atoms with Gasteiger partial charge in [0.2, 0.25) is 0 Å². The van der Waals surface area contributed by atoms with Gasteiger partial charge in [-0.15, -0.1) is 0 Å². The quantitative estimate of drug-likeness (QED) is 0.565. The monoisotopic (exact) mass is 426 g/mol. The summed E-state index contributed by atoms with van der Waals surface area (Å²) in [4.78, 5) is 25.1. The number of benzene rings is 3. The lowest BCUT2D eigenvalue weighted by Crippen LogP contribution is -2.27. The van der Waals surface area contributed by atoms with Gasteiger partial charge in [-0.1, -0.05) is 53.6 Å². The van der Waals surface area contributed by atoms with Gasteiger partial charge >= 0.3 is 0 Å². The molecule has 0 saturated heterocycles. The van der Waals surface area contributed by atoms with Crippen LogP contribution in [0.15, 0.2) is 54.6 Å². The van der Waals surface area contributed by atoms with Gasteiger partial charge in [0.05, 0.1) is 0 Å². The van der Waals surface area contributed by atoms with Gasteiger partial charge in [-0.05, 0) is 71.3 Å². The average Bonchev–Trinajstić information content (AvgIpc) is 2.78. The number of hydrogen-bond acceptors (Lipinski definition) is 4. The average molecular weight is 427 g/mol. The molecule has 1 aliphatic rings. The van der Waals surface area contributed by atoms with Gasteiger partial charge in [0.25, 0.3) is 0 Å². The van der Waals surface area contributed by atoms with Crippen molar-refractivity contribution in [2.45, 2.75) is 52.1 Å². The molecule has 1 aliphatic carbocycles. The predicted molar refractivity (Wildman–Crippen MR) is 129 cm³/mol. The van der Waals surface area contributed by atoms with Crippen LogP contribution >= 0.6 is 0 Å². The Balaban J connectivity index is 1.86. The molecule has 0 heterocycles. The molecule has 0 amide bonds. The summed E-state index contributed by atoms with van der Waals surface area (Å²) in [5.74, 6) is -0.667. The summed E-state index contributed by atoms with van der Waals surface area (Å²) in [5.41, 5.74) is 21.5. The van der Waals surface area contributed by atoms with Crippen molar-refractivity contribution >= 4 is 11.6 Å². The Morgan fingerprint density at radius 1 is 0.750 bits per heavy atom. The molecule has 4 heteroatoms. The van der Waals surface area contributed by atoms with Crippen molar-refractivity contribution < 1.29 is 9.59 Å². The molecule has 0 aliphatic heterocycles. The van der Waals surface area contributed by atoms with E-state index in [9.17, 15) is 9.59 Å². The first kappa shape index (κ1) is 22.1. The highest BCUT2D eigenvalue weighted by Gasteiger charge is 2.32. The first-order chi connectivity index (χ1) is 15.4. The van der Waals surface area contributed by atoms with E-state index in [0.29, 0.717) is 25.8 Å². The number of rotatable bonds is 5. The summed E-state index contributed by atoms with van der Waals surface area (Å²) in [6.45, 7) is 4.93. The highest BCUT2D eigenvalue weighted by atomic mass is 16.2. The number of carbonyl (C=O) groups excluding carboxylic acids is 2. The first-order valence-electron chi connectivity index (χ1n) is 11.2. The van der Waals surface area contributed by atoms with E-state index in [0.717, 1.165) is 38.9 Å². The molecule has 1 saturated carbocycles. The van der Waals surface area contributed by atoms with Crippen molar-refractivity contribution in [1.29, 1.82) is 0 Å². The third-order valence-electron chi connectivity index (χ3n) is 6.33. The second-order valence-electron chi connectivity index (χ2n) is 8.80. The van der Waals surface area contributed by atoms with Crippen LogP contribution in [0.1, 0.15) is 53.0 Å². The fraction of sp³-hybridized carbons (Fsp3) is 0.286. The molecule has 4 rings (SSSR count). The summed E-state index contributed by atoms with van der Waals surface area (Å²) in [6.07, 6.45) is 1.56. The van der Waals surface area contributed by atoms with Crippen molar-refractivity contribution in [2.24, 2.45) is 11.5 Å². The number of carbonyl (C=O) groups is 2. The summed E-state index contributed by atoms with van der Waals surface area (Å²) in [5, 5.41) is 0. The van der Waals surface area contributed by atoms with Gasteiger partial charge in [0, 0.05) is 25.9 Å². The predicted octanol–water partition coefficient (Wildman–Crippen LogP) is 4.96. The van der Waals surface area contributed by atoms with E-state index in [1.807, 2.05) is 18.2 Å². The molecule has 0 unspecified atom stereocenters. The maximum atomic E-state index is 12.5. The number of nitrogens with two attached hydrogens (primary N) is 2. The van der Waals surface area contributed by atoms with Crippen LogP contribution < -0.4 is 11.5 Å². The Bertz CT molecular complexity index is 1160. The SMILES string of the molecule is Cc1cc(C)cc(-c2ccc(CN)cc2-c2ccc(C3C(=O)CCCC3=O)c(CN)c2)c1. The standard InChI is InChI=1S/C28H30N2O2/c1-17-10-18(2)12-21(11-17)23-8-6-19(15-29)13-25(23)20-7-9-24(22(14-20)16-30)28-26(31)4-3-5-27(28)32/h6-14,28H,3-5,15-16,29-30H2,1-2H3. The molecule has 0 radical (unpaired) electrons. The maximum Gasteiger partial charge on any atom is 0.147 e. The minimum atomic E-state index is -0.675. The fourth-order valence-electron chi connectivity index (χ4n) is 4.82. The van der Waals surface area contributed by atoms with Crippen molar-refractivity contribution in [3.8, 4) is 22.3 Å². The molecular formula is C28H30N2O2. The molecule has 4 N–H and O–H groups in total. The Morgan fingerprint density at radius 3 is 2.06 bits per heavy atom. The molecular weight excluding hydrogens is 396 g/mol. The zero-order valence-corrected chi connectivity index (χ0v) is 18.8. The second kappa shape index (κ2) is 9.19. The number of ketones is 2. The topological polar surface area (TPSA) is 86.2 Å². The minimum Gasteiger partial charge on any atom is -0.326 e. The molecule has 32 heavy (non-hydrogen) atoms. The zero-order valence-electron chi connectivity index (χ0n) is 18.8. The van der Waals surface area contributed by atoms with E-state index in [-0.39, 0.29) is 18.1 Å². The normalized spacial score (nSPS) is 14.8. The number of aryl methyl sites for hydroxylation is 2. The van der Waals surface area contributed by atoms with E-state index >= 15 is 0 Å². The van der Waals surface area contributed by atoms with Crippen molar-refractivity contribution in [1.82, 2.24) is 0 Å². The summed E-state index contributed by atoms with van der Waals surface area (Å²) < 4.78 is 0. The van der Waals surface area contributed by atoms with E-state index in [1.165, 1.54) is 11.1 Å². The van der Waals surface area contributed by atoms with Gasteiger partial charge < -0.3 is 11.5 Å². The summed E-state index contributed by atoms with van der Waals surface area (Å²) >= 11 is 0. The highest BCUT2D eigenvalue weighted by molar-refractivity contribution is 6.09. The lowest BCUT2D eigenvalue weighted by Gasteiger charge is -2.23. The van der Waals surface area contributed by atoms with Gasteiger partial charge in [-0.3, -0.25) is 9.59 Å². The fourth-order valence-corrected chi connectivity index (χ4v) is 4.82. The molecule has 1 fully saturated rings. The van der Waals surface area contributed by atoms with Gasteiger partial charge in [0.15, 0.2) is 0 Å². The zero-order chi connectivity index (χ0) is 22.8. The van der Waals surface area contributed by atoms with Crippen LogP contribution in [0.4, 0.5) is 0 Å². The van der Waals surface area contributed by atoms with Crippen molar-refractivity contribution in [3.63, 3.8) is 0 Å². The smallest absolute Gasteiger partial charge is 0.147 e. The van der Waals surface area contributed by atoms with Crippen LogP contribution in [0.25, 0.3) is 22.3 Å². The summed E-state index contributed by atoms with van der Waals surface area (Å²) in [6, 6.07) is 18.8. The molecule has 0 aromatic heterocycles. The van der Waals surface area contributed by atoms with Gasteiger partial charge in [0.1, 0.15) is 17.5 Å². The molecule has 4 nitrogen and oxygen atoms in total. The largest absolute Gasteiger partial charge is 0.326 e. The van der Waals surface area contributed by atoms with Crippen molar-refractivity contribution in [2.75, 3.05) is 0 Å². The molecule has 0 bridgehead atoms. The van der Waals surface area contributed by atoms with Crippen LogP contribution in [-0.4, -0.2) is 11.6 Å². The minimum absolute atomic E-state index is 0.00440. The third-order valence-corrected chi connectivity index (χ3v) is 6.33. The van der Waals surface area contributed by atoms with E-state index < -0.39 is 5.92 Å². The number of Topliss-reactive ketones (excluding diaryl/α,β-unsaturated/α-hetero) is 2. The molecule has 0 atom stereocenters. The van der Waals surface area contributed by atoms with E-state index in [2.05, 4.69) is 50.2 Å². The third kappa shape index (κ3) is 4.29. The molecule has 0 spiro atoms. The second-order valence-corrected chi connectivity index (χ2v) is 8.80. The lowest BCUT2D eigenvalue weighted by atomic mass is 9.79. The molecule has 3 aromatic carbocycles. The highest BCUT2D eigenvalue weighted by Crippen LogP contribution is 2.37. The Labute approximate surface area is 189 Å². The lowest BCUT2D eigenvalue weighted by molar-refractivity contribution is -0.131. The van der Waals surface area contributed by atoms with E-state index in [4.69, 9.17) is 11.5 Å². The van der Waals surface area contributed by atoms with Gasteiger partial charge in [-0.2, -0.15) is 0 Å². The Morgan fingerprint density at radius 2 is 1.44 bits per heavy atom. The van der Waals surface area contributed by atoms with Crippen molar-refractivity contribution in [3.05, 3.63) is 82.4 Å². The van der Waals surface area contributed by atoms with Crippen LogP contribution in [-0.2, 0) is 22.7 Å². The van der Waals surface area contributed by atoms with Crippen LogP contribution in [0.5, 0.6) is 0 Å². The van der Waals surface area contributed by atoms with Gasteiger partial charge in [-0.25, -0.2) is 0 Å². The van der Waals surface area contributed by atoms with Crippen LogP contribution in [0.2, 0.25) is 0 Å². The Hall–Kier alpha value is -3.08. The Kier molecular flexibility index (Phi) is 6.35. The molecule has 3 aromatic rings. The number of hydrogen-bond donors (Lipinski definition) is 2. The molecule has 164 valence electrons. The van der Waals surface area contributed by atoms with Crippen LogP contribution in [0, 0.1) is 13.8 Å². The van der Waals surface area contributed by atoms with Crippen LogP contribution in [0.3, 0.4) is 0 Å². The maximum absolute atomic E-state index is 12.5. The summed E-state index contributed by atoms with van der Waals surface area (Å²) in [7, 11) is 0. The van der Waals surface area contributed by atoms with E-state index in [1.54, 1.807) is 0 Å². The first-order valence-corrected chi connectivity index (χ1v) is 11.2.